The Balaban J connectivity index is 2.45. The van der Waals surface area contributed by atoms with E-state index in [1.807, 2.05) is 26.8 Å². The minimum absolute atomic E-state index is 0.378. The average Bonchev–Trinajstić information content (AvgIpc) is 2.37. The molecule has 96 valence electrons. The number of rotatable bonds is 2. The van der Waals surface area contributed by atoms with Crippen molar-refractivity contribution in [2.45, 2.75) is 20.8 Å². The number of hydrogen-bond acceptors (Lipinski definition) is 3. The minimum atomic E-state index is 0.378. The summed E-state index contributed by atoms with van der Waals surface area (Å²) >= 11 is 0. The maximum Gasteiger partial charge on any atom is 0.151 e. The molecule has 3 nitrogen and oxygen atoms in total. The monoisotopic (exact) mass is 252 g/mol. The number of aryl methyl sites for hydroxylation is 2. The smallest absolute Gasteiger partial charge is 0.151 e. The predicted octanol–water partition coefficient (Wildman–Crippen LogP) is 3.86. The van der Waals surface area contributed by atoms with E-state index in [1.54, 1.807) is 18.2 Å². The van der Waals surface area contributed by atoms with Gasteiger partial charge in [0, 0.05) is 0 Å². The molecular formula is C16H16N2O. The number of anilines is 1. The molecule has 2 N–H and O–H groups in total. The van der Waals surface area contributed by atoms with Crippen LogP contribution < -0.4 is 10.5 Å². The summed E-state index contributed by atoms with van der Waals surface area (Å²) in [4.78, 5) is 0. The second-order valence-corrected chi connectivity index (χ2v) is 4.64. The van der Waals surface area contributed by atoms with Crippen LogP contribution in [0.2, 0.25) is 0 Å². The molecule has 0 radical (unpaired) electrons. The lowest BCUT2D eigenvalue weighted by atomic mass is 10.1. The van der Waals surface area contributed by atoms with Crippen molar-refractivity contribution in [2.24, 2.45) is 0 Å². The van der Waals surface area contributed by atoms with Crippen molar-refractivity contribution in [3.63, 3.8) is 0 Å². The Morgan fingerprint density at radius 1 is 1.11 bits per heavy atom. The predicted molar refractivity (Wildman–Crippen MR) is 76.3 cm³/mol. The number of benzene rings is 2. The summed E-state index contributed by atoms with van der Waals surface area (Å²) < 4.78 is 5.87. The van der Waals surface area contributed by atoms with Gasteiger partial charge >= 0.3 is 0 Å². The third-order valence-electron chi connectivity index (χ3n) is 3.17. The number of para-hydroxylation sites is 1. The van der Waals surface area contributed by atoms with E-state index in [1.165, 1.54) is 5.56 Å². The fraction of sp³-hybridized carbons (Fsp3) is 0.188. The van der Waals surface area contributed by atoms with E-state index in [4.69, 9.17) is 15.7 Å². The summed E-state index contributed by atoms with van der Waals surface area (Å²) in [6.07, 6.45) is 0. The SMILES string of the molecule is Cc1cc(C)c(C)c(Oc2cccc(C#N)c2N)c1. The molecule has 2 aromatic rings. The summed E-state index contributed by atoms with van der Waals surface area (Å²) in [5, 5.41) is 8.97. The summed E-state index contributed by atoms with van der Waals surface area (Å²) in [6.45, 7) is 6.08. The Kier molecular flexibility index (Phi) is 3.43. The van der Waals surface area contributed by atoms with Gasteiger partial charge in [0.05, 0.1) is 11.3 Å². The third kappa shape index (κ3) is 2.53. The second kappa shape index (κ2) is 5.03. The molecule has 0 saturated heterocycles. The molecule has 0 unspecified atom stereocenters. The highest BCUT2D eigenvalue weighted by atomic mass is 16.5. The van der Waals surface area contributed by atoms with Gasteiger partial charge in [-0.05, 0) is 55.7 Å². The second-order valence-electron chi connectivity index (χ2n) is 4.64. The first-order valence-electron chi connectivity index (χ1n) is 6.07. The number of ether oxygens (including phenoxy) is 1. The molecule has 0 spiro atoms. The fourth-order valence-corrected chi connectivity index (χ4v) is 1.96. The Labute approximate surface area is 113 Å². The van der Waals surface area contributed by atoms with Crippen molar-refractivity contribution < 1.29 is 4.74 Å². The van der Waals surface area contributed by atoms with Gasteiger partial charge in [-0.3, -0.25) is 0 Å². The van der Waals surface area contributed by atoms with E-state index in [-0.39, 0.29) is 0 Å². The molecule has 2 rings (SSSR count). The van der Waals surface area contributed by atoms with Crippen LogP contribution >= 0.6 is 0 Å². The number of nitriles is 1. The highest BCUT2D eigenvalue weighted by Gasteiger charge is 2.09. The highest BCUT2D eigenvalue weighted by Crippen LogP contribution is 2.33. The molecule has 0 aromatic heterocycles. The summed E-state index contributed by atoms with van der Waals surface area (Å²) in [6, 6.07) is 11.3. The molecule has 3 heteroatoms. The van der Waals surface area contributed by atoms with Crippen molar-refractivity contribution in [2.75, 3.05) is 5.73 Å². The zero-order valence-electron chi connectivity index (χ0n) is 11.3. The van der Waals surface area contributed by atoms with Gasteiger partial charge in [0.25, 0.3) is 0 Å². The Bertz CT molecular complexity index is 669. The van der Waals surface area contributed by atoms with Crippen molar-refractivity contribution in [3.8, 4) is 17.6 Å². The lowest BCUT2D eigenvalue weighted by Gasteiger charge is -2.13. The largest absolute Gasteiger partial charge is 0.455 e. The lowest BCUT2D eigenvalue weighted by Crippen LogP contribution is -1.97. The molecule has 0 atom stereocenters. The first-order chi connectivity index (χ1) is 9.02. The van der Waals surface area contributed by atoms with Crippen LogP contribution in [0.5, 0.6) is 11.5 Å². The summed E-state index contributed by atoms with van der Waals surface area (Å²) in [7, 11) is 0. The van der Waals surface area contributed by atoms with Gasteiger partial charge in [0.2, 0.25) is 0 Å². The third-order valence-corrected chi connectivity index (χ3v) is 3.17. The van der Waals surface area contributed by atoms with E-state index < -0.39 is 0 Å². The van der Waals surface area contributed by atoms with Gasteiger partial charge in [-0.15, -0.1) is 0 Å². The van der Waals surface area contributed by atoms with Gasteiger partial charge in [-0.1, -0.05) is 12.1 Å². The zero-order valence-corrected chi connectivity index (χ0v) is 11.3. The molecule has 0 amide bonds. The van der Waals surface area contributed by atoms with Crippen molar-refractivity contribution >= 4 is 5.69 Å². The molecule has 0 aliphatic heterocycles. The van der Waals surface area contributed by atoms with Gasteiger partial charge in [-0.25, -0.2) is 0 Å². The van der Waals surface area contributed by atoms with E-state index >= 15 is 0 Å². The maximum atomic E-state index is 8.97. The van der Waals surface area contributed by atoms with E-state index in [0.29, 0.717) is 17.0 Å². The van der Waals surface area contributed by atoms with Gasteiger partial charge in [-0.2, -0.15) is 5.26 Å². The molecule has 0 bridgehead atoms. The quantitative estimate of drug-likeness (QED) is 0.826. The Morgan fingerprint density at radius 3 is 2.53 bits per heavy atom. The fourth-order valence-electron chi connectivity index (χ4n) is 1.96. The number of nitrogens with zero attached hydrogens (tertiary/aromatic N) is 1. The first kappa shape index (κ1) is 13.0. The van der Waals surface area contributed by atoms with Crippen LogP contribution in [0.4, 0.5) is 5.69 Å². The minimum Gasteiger partial charge on any atom is -0.455 e. The van der Waals surface area contributed by atoms with Crippen molar-refractivity contribution in [1.82, 2.24) is 0 Å². The molecule has 0 saturated carbocycles. The molecule has 19 heavy (non-hydrogen) atoms. The molecular weight excluding hydrogens is 236 g/mol. The van der Waals surface area contributed by atoms with Crippen LogP contribution in [0.15, 0.2) is 30.3 Å². The Hall–Kier alpha value is -2.47. The summed E-state index contributed by atoms with van der Waals surface area (Å²) in [5.74, 6) is 1.30. The molecule has 0 fully saturated rings. The topological polar surface area (TPSA) is 59.0 Å². The van der Waals surface area contributed by atoms with E-state index in [2.05, 4.69) is 12.1 Å². The van der Waals surface area contributed by atoms with Gasteiger partial charge in [0.1, 0.15) is 11.8 Å². The lowest BCUT2D eigenvalue weighted by molar-refractivity contribution is 0.480. The normalized spacial score (nSPS) is 10.0. The number of nitrogen functional groups attached to an aromatic ring is 1. The van der Waals surface area contributed by atoms with Gasteiger partial charge in [0.15, 0.2) is 5.75 Å². The van der Waals surface area contributed by atoms with Crippen LogP contribution in [0, 0.1) is 32.1 Å². The van der Waals surface area contributed by atoms with Crippen LogP contribution in [0.25, 0.3) is 0 Å². The molecule has 2 aromatic carbocycles. The zero-order chi connectivity index (χ0) is 14.0. The van der Waals surface area contributed by atoms with E-state index in [0.717, 1.165) is 16.9 Å². The van der Waals surface area contributed by atoms with Crippen LogP contribution in [-0.4, -0.2) is 0 Å². The molecule has 0 aliphatic carbocycles. The highest BCUT2D eigenvalue weighted by molar-refractivity contribution is 5.64. The maximum absolute atomic E-state index is 8.97. The standard InChI is InChI=1S/C16H16N2O/c1-10-7-11(2)12(3)15(8-10)19-14-6-4-5-13(9-17)16(14)18/h4-8H,18H2,1-3H3. The van der Waals surface area contributed by atoms with Crippen molar-refractivity contribution in [3.05, 3.63) is 52.6 Å². The number of nitrogens with two attached hydrogens (primary N) is 1. The van der Waals surface area contributed by atoms with Gasteiger partial charge < -0.3 is 10.5 Å². The molecule has 0 aliphatic rings. The molecule has 0 heterocycles. The summed E-state index contributed by atoms with van der Waals surface area (Å²) in [5.41, 5.74) is 10.1. The Morgan fingerprint density at radius 2 is 1.84 bits per heavy atom. The number of hydrogen-bond donors (Lipinski definition) is 1. The average molecular weight is 252 g/mol. The van der Waals surface area contributed by atoms with Crippen LogP contribution in [-0.2, 0) is 0 Å². The van der Waals surface area contributed by atoms with Crippen LogP contribution in [0.3, 0.4) is 0 Å². The van der Waals surface area contributed by atoms with E-state index in [9.17, 15) is 0 Å². The van der Waals surface area contributed by atoms with Crippen LogP contribution in [0.1, 0.15) is 22.3 Å². The first-order valence-corrected chi connectivity index (χ1v) is 6.07. The van der Waals surface area contributed by atoms with Crippen molar-refractivity contribution in [1.29, 1.82) is 5.26 Å².